The van der Waals surface area contributed by atoms with Gasteiger partial charge in [0.15, 0.2) is 0 Å². The SMILES string of the molecule is O=C1CCC(N2Cc3c(CCCCCO)cccc3C2=O)C(=O)N1. The van der Waals surface area contributed by atoms with Gasteiger partial charge in [-0.15, -0.1) is 0 Å². The molecule has 0 spiro atoms. The van der Waals surface area contributed by atoms with E-state index in [9.17, 15) is 14.4 Å². The van der Waals surface area contributed by atoms with Gasteiger partial charge in [0.25, 0.3) is 5.91 Å². The summed E-state index contributed by atoms with van der Waals surface area (Å²) in [6, 6.07) is 5.15. The zero-order chi connectivity index (χ0) is 17.1. The molecule has 1 aromatic carbocycles. The first-order valence-corrected chi connectivity index (χ1v) is 8.48. The van der Waals surface area contributed by atoms with Gasteiger partial charge in [0.05, 0.1) is 0 Å². The number of nitrogens with zero attached hydrogens (tertiary/aromatic N) is 1. The minimum absolute atomic E-state index is 0.128. The zero-order valence-corrected chi connectivity index (χ0v) is 13.6. The number of unbranched alkanes of at least 4 members (excludes halogenated alkanes) is 2. The summed E-state index contributed by atoms with van der Waals surface area (Å²) < 4.78 is 0. The number of benzene rings is 1. The predicted molar refractivity (Wildman–Crippen MR) is 87.1 cm³/mol. The number of nitrogens with one attached hydrogen (secondary N) is 1. The molecule has 2 aliphatic rings. The molecule has 1 atom stereocenters. The number of hydrogen-bond acceptors (Lipinski definition) is 4. The number of aryl methyl sites for hydroxylation is 1. The number of aliphatic hydroxyl groups is 1. The Labute approximate surface area is 140 Å². The first kappa shape index (κ1) is 16.6. The Morgan fingerprint density at radius 2 is 2.00 bits per heavy atom. The average molecular weight is 330 g/mol. The normalized spacial score (nSPS) is 20.3. The Balaban J connectivity index is 1.75. The third kappa shape index (κ3) is 3.19. The maximum Gasteiger partial charge on any atom is 0.255 e. The first-order valence-electron chi connectivity index (χ1n) is 8.48. The van der Waals surface area contributed by atoms with E-state index in [4.69, 9.17) is 5.11 Å². The van der Waals surface area contributed by atoms with Gasteiger partial charge in [0, 0.05) is 25.1 Å². The van der Waals surface area contributed by atoms with Crippen molar-refractivity contribution in [1.82, 2.24) is 10.2 Å². The number of piperidine rings is 1. The average Bonchev–Trinajstić information content (AvgIpc) is 2.89. The van der Waals surface area contributed by atoms with E-state index in [0.29, 0.717) is 18.5 Å². The monoisotopic (exact) mass is 330 g/mol. The summed E-state index contributed by atoms with van der Waals surface area (Å²) in [6.45, 7) is 0.630. The highest BCUT2D eigenvalue weighted by Crippen LogP contribution is 2.30. The molecule has 3 rings (SSSR count). The van der Waals surface area contributed by atoms with E-state index in [1.807, 2.05) is 12.1 Å². The smallest absolute Gasteiger partial charge is 0.255 e. The lowest BCUT2D eigenvalue weighted by molar-refractivity contribution is -0.136. The van der Waals surface area contributed by atoms with Crippen LogP contribution in [0.25, 0.3) is 0 Å². The Kier molecular flexibility index (Phi) is 4.94. The molecule has 0 saturated carbocycles. The van der Waals surface area contributed by atoms with Gasteiger partial charge in [-0.25, -0.2) is 0 Å². The molecule has 1 fully saturated rings. The van der Waals surface area contributed by atoms with Crippen molar-refractivity contribution < 1.29 is 19.5 Å². The van der Waals surface area contributed by atoms with Crippen LogP contribution in [0.4, 0.5) is 0 Å². The summed E-state index contributed by atoms with van der Waals surface area (Å²) >= 11 is 0. The van der Waals surface area contributed by atoms with Crippen LogP contribution in [0.3, 0.4) is 0 Å². The Bertz CT molecular complexity index is 671. The van der Waals surface area contributed by atoms with Crippen molar-refractivity contribution in [3.63, 3.8) is 0 Å². The highest BCUT2D eigenvalue weighted by molar-refractivity contribution is 6.05. The van der Waals surface area contributed by atoms with Crippen LogP contribution in [0.1, 0.15) is 53.6 Å². The Hall–Kier alpha value is -2.21. The number of fused-ring (bicyclic) bond motifs is 1. The Morgan fingerprint density at radius 3 is 2.75 bits per heavy atom. The number of aliphatic hydroxyl groups excluding tert-OH is 1. The maximum absolute atomic E-state index is 12.7. The molecular weight excluding hydrogens is 308 g/mol. The topological polar surface area (TPSA) is 86.7 Å². The van der Waals surface area contributed by atoms with Gasteiger partial charge >= 0.3 is 0 Å². The second-order valence-corrected chi connectivity index (χ2v) is 6.38. The quantitative estimate of drug-likeness (QED) is 0.605. The lowest BCUT2D eigenvalue weighted by Gasteiger charge is -2.29. The molecular formula is C18H22N2O4. The van der Waals surface area contributed by atoms with Gasteiger partial charge in [-0.2, -0.15) is 0 Å². The summed E-state index contributed by atoms with van der Waals surface area (Å²) in [4.78, 5) is 37.6. The van der Waals surface area contributed by atoms with Crippen molar-refractivity contribution in [2.45, 2.75) is 51.1 Å². The Morgan fingerprint density at radius 1 is 1.17 bits per heavy atom. The molecule has 1 aromatic rings. The van der Waals surface area contributed by atoms with E-state index in [1.54, 1.807) is 11.0 Å². The van der Waals surface area contributed by atoms with Crippen molar-refractivity contribution in [3.05, 3.63) is 34.9 Å². The number of carbonyl (C=O) groups is 3. The predicted octanol–water partition coefficient (Wildman–Crippen LogP) is 1.15. The molecule has 6 heteroatoms. The van der Waals surface area contributed by atoms with E-state index in [0.717, 1.165) is 36.8 Å². The minimum Gasteiger partial charge on any atom is -0.396 e. The van der Waals surface area contributed by atoms with Gasteiger partial charge in [0.2, 0.25) is 11.8 Å². The molecule has 1 saturated heterocycles. The third-order valence-electron chi connectivity index (χ3n) is 4.78. The molecule has 2 heterocycles. The second kappa shape index (κ2) is 7.13. The number of hydrogen-bond donors (Lipinski definition) is 2. The number of carbonyl (C=O) groups excluding carboxylic acids is 3. The lowest BCUT2D eigenvalue weighted by atomic mass is 9.98. The van der Waals surface area contributed by atoms with Crippen LogP contribution >= 0.6 is 0 Å². The molecule has 1 unspecified atom stereocenters. The van der Waals surface area contributed by atoms with Crippen LogP contribution in [0.15, 0.2) is 18.2 Å². The van der Waals surface area contributed by atoms with Gasteiger partial charge in [0.1, 0.15) is 6.04 Å². The fraction of sp³-hybridized carbons (Fsp3) is 0.500. The van der Waals surface area contributed by atoms with Crippen molar-refractivity contribution >= 4 is 17.7 Å². The molecule has 6 nitrogen and oxygen atoms in total. The van der Waals surface area contributed by atoms with Crippen molar-refractivity contribution in [3.8, 4) is 0 Å². The van der Waals surface area contributed by atoms with E-state index >= 15 is 0 Å². The van der Waals surface area contributed by atoms with Gasteiger partial charge in [-0.3, -0.25) is 19.7 Å². The molecule has 0 bridgehead atoms. The van der Waals surface area contributed by atoms with Crippen LogP contribution < -0.4 is 5.32 Å². The van der Waals surface area contributed by atoms with Crippen LogP contribution in [0.2, 0.25) is 0 Å². The van der Waals surface area contributed by atoms with Crippen LogP contribution in [-0.4, -0.2) is 40.4 Å². The summed E-state index contributed by atoms with van der Waals surface area (Å²) in [5.74, 6) is -0.779. The fourth-order valence-corrected chi connectivity index (χ4v) is 3.49. The minimum atomic E-state index is -0.565. The second-order valence-electron chi connectivity index (χ2n) is 6.38. The van der Waals surface area contributed by atoms with E-state index < -0.39 is 6.04 Å². The van der Waals surface area contributed by atoms with Crippen LogP contribution in [-0.2, 0) is 22.6 Å². The molecule has 128 valence electrons. The van der Waals surface area contributed by atoms with E-state index in [2.05, 4.69) is 5.32 Å². The maximum atomic E-state index is 12.7. The van der Waals surface area contributed by atoms with Crippen LogP contribution in [0, 0.1) is 0 Å². The fourth-order valence-electron chi connectivity index (χ4n) is 3.49. The highest BCUT2D eigenvalue weighted by Gasteiger charge is 2.39. The summed E-state index contributed by atoms with van der Waals surface area (Å²) in [6.07, 6.45) is 4.21. The summed E-state index contributed by atoms with van der Waals surface area (Å²) in [5.41, 5.74) is 2.80. The molecule has 0 radical (unpaired) electrons. The lowest BCUT2D eigenvalue weighted by Crippen LogP contribution is -2.52. The van der Waals surface area contributed by atoms with E-state index in [-0.39, 0.29) is 30.7 Å². The molecule has 0 aromatic heterocycles. The zero-order valence-electron chi connectivity index (χ0n) is 13.6. The number of amides is 3. The van der Waals surface area contributed by atoms with Crippen molar-refractivity contribution in [2.75, 3.05) is 6.61 Å². The third-order valence-corrected chi connectivity index (χ3v) is 4.78. The molecule has 2 N–H and O–H groups in total. The van der Waals surface area contributed by atoms with Gasteiger partial charge in [-0.1, -0.05) is 18.6 Å². The van der Waals surface area contributed by atoms with Crippen molar-refractivity contribution in [2.24, 2.45) is 0 Å². The van der Waals surface area contributed by atoms with Crippen LogP contribution in [0.5, 0.6) is 0 Å². The van der Waals surface area contributed by atoms with E-state index in [1.165, 1.54) is 0 Å². The first-order chi connectivity index (χ1) is 11.6. The number of imide groups is 1. The largest absolute Gasteiger partial charge is 0.396 e. The van der Waals surface area contributed by atoms with Gasteiger partial charge < -0.3 is 10.0 Å². The number of rotatable bonds is 6. The summed E-state index contributed by atoms with van der Waals surface area (Å²) in [5, 5.41) is 11.2. The molecule has 0 aliphatic carbocycles. The standard InChI is InChI=1S/C18H22N2O4/c21-10-3-1-2-5-12-6-4-7-13-14(12)11-20(18(13)24)15-8-9-16(22)19-17(15)23/h4,6-7,15,21H,1-3,5,8-11H2,(H,19,22,23). The highest BCUT2D eigenvalue weighted by atomic mass is 16.3. The molecule has 24 heavy (non-hydrogen) atoms. The molecule has 2 aliphatic heterocycles. The summed E-state index contributed by atoms with van der Waals surface area (Å²) in [7, 11) is 0. The van der Waals surface area contributed by atoms with Gasteiger partial charge in [-0.05, 0) is 42.9 Å². The van der Waals surface area contributed by atoms with Crippen molar-refractivity contribution in [1.29, 1.82) is 0 Å². The molecule has 3 amide bonds.